The average molecular weight is 348 g/mol. The Morgan fingerprint density at radius 3 is 2.88 bits per heavy atom. The van der Waals surface area contributed by atoms with Crippen molar-refractivity contribution in [1.82, 2.24) is 14.7 Å². The lowest BCUT2D eigenvalue weighted by molar-refractivity contribution is 0.0321. The number of rotatable bonds is 7. The molecule has 0 bridgehead atoms. The quantitative estimate of drug-likeness (QED) is 0.826. The molecule has 136 valence electrons. The molecule has 1 aromatic heterocycles. The molecular weight excluding hydrogens is 318 g/mol. The number of para-hydroxylation sites is 1. The lowest BCUT2D eigenvalue weighted by Gasteiger charge is -2.26. The van der Waals surface area contributed by atoms with Crippen LogP contribution in [0.4, 0.5) is 0 Å². The summed E-state index contributed by atoms with van der Waals surface area (Å²) in [5.41, 5.74) is 1.65. The van der Waals surface area contributed by atoms with Crippen LogP contribution in [0.15, 0.2) is 30.5 Å². The molecule has 1 aliphatic rings. The molecule has 0 spiro atoms. The van der Waals surface area contributed by atoms with Crippen molar-refractivity contribution in [3.05, 3.63) is 47.3 Å². The number of aliphatic hydroxyl groups excluding tert-OH is 1. The Balaban J connectivity index is 1.75. The van der Waals surface area contributed by atoms with E-state index in [1.165, 1.54) is 6.20 Å². The lowest BCUT2D eigenvalue weighted by Crippen LogP contribution is -2.38. The van der Waals surface area contributed by atoms with Crippen molar-refractivity contribution in [3.8, 4) is 5.75 Å². The highest BCUT2D eigenvalue weighted by atomic mass is 16.5. The Kier molecular flexibility index (Phi) is 4.84. The van der Waals surface area contributed by atoms with Crippen molar-refractivity contribution in [2.45, 2.75) is 19.4 Å². The smallest absolute Gasteiger partial charge is 0.125 e. The topological polar surface area (TPSA) is 59.8 Å². The monoisotopic (exact) mass is 348 g/mol. The van der Waals surface area contributed by atoms with Gasteiger partial charge in [-0.2, -0.15) is 5.10 Å². The predicted octanol–water partition coefficient (Wildman–Crippen LogP) is 1.78. The fourth-order valence-electron chi connectivity index (χ4n) is 3.04. The molecule has 1 unspecified atom stereocenters. The predicted molar refractivity (Wildman–Crippen MR) is 95.8 cm³/mol. The van der Waals surface area contributed by atoms with Gasteiger partial charge in [-0.3, -0.25) is 9.58 Å². The van der Waals surface area contributed by atoms with Crippen molar-refractivity contribution < 1.29 is 18.7 Å². The molecule has 0 radical (unpaired) electrons. The highest BCUT2D eigenvalue weighted by Crippen LogP contribution is 2.31. The molecule has 0 saturated carbocycles. The average Bonchev–Trinajstić information content (AvgIpc) is 3.14. The van der Waals surface area contributed by atoms with Gasteiger partial charge in [-0.1, -0.05) is 25.1 Å². The fourth-order valence-corrected chi connectivity index (χ4v) is 3.04. The first-order valence-electron chi connectivity index (χ1n) is 10.2. The largest absolute Gasteiger partial charge is 0.492 e. The summed E-state index contributed by atoms with van der Waals surface area (Å²) in [5, 5.41) is 15.1. The third kappa shape index (κ3) is 4.39. The Labute approximate surface area is 153 Å². The first-order chi connectivity index (χ1) is 13.4. The summed E-state index contributed by atoms with van der Waals surface area (Å²) < 4.78 is 34.9. The van der Waals surface area contributed by atoms with E-state index in [9.17, 15) is 5.11 Å². The van der Waals surface area contributed by atoms with Gasteiger partial charge in [0.25, 0.3) is 0 Å². The first-order valence-corrected chi connectivity index (χ1v) is 8.69. The highest BCUT2D eigenvalue weighted by molar-refractivity contribution is 5.41. The van der Waals surface area contributed by atoms with Gasteiger partial charge in [-0.25, -0.2) is 0 Å². The van der Waals surface area contributed by atoms with E-state index in [-0.39, 0.29) is 0 Å². The van der Waals surface area contributed by atoms with Gasteiger partial charge in [0.1, 0.15) is 18.5 Å². The van der Waals surface area contributed by atoms with Gasteiger partial charge in [-0.05, 0) is 12.5 Å². The molecule has 3 rings (SSSR count). The number of ether oxygens (including phenoxy) is 2. The number of aromatic nitrogens is 2. The molecule has 2 aromatic rings. The van der Waals surface area contributed by atoms with Crippen LogP contribution in [0.5, 0.6) is 5.75 Å². The first kappa shape index (κ1) is 14.3. The summed E-state index contributed by atoms with van der Waals surface area (Å²) in [4.78, 5) is 2.28. The molecule has 1 N–H and O–H groups in total. The van der Waals surface area contributed by atoms with Gasteiger partial charge in [0.05, 0.1) is 18.9 Å². The van der Waals surface area contributed by atoms with Crippen LogP contribution in [-0.2, 0) is 18.1 Å². The zero-order valence-electron chi connectivity index (χ0n) is 17.5. The van der Waals surface area contributed by atoms with Crippen molar-refractivity contribution in [1.29, 1.82) is 0 Å². The fraction of sp³-hybridized carbons (Fsp3) is 0.526. The summed E-state index contributed by atoms with van der Waals surface area (Å²) >= 11 is 0. The minimum Gasteiger partial charge on any atom is -0.492 e. The molecule has 25 heavy (non-hydrogen) atoms. The van der Waals surface area contributed by atoms with Gasteiger partial charge in [-0.15, -0.1) is 0 Å². The number of nitrogens with zero attached hydrogens (tertiary/aromatic N) is 3. The third-order valence-corrected chi connectivity index (χ3v) is 4.43. The van der Waals surface area contributed by atoms with Crippen LogP contribution in [0.3, 0.4) is 0 Å². The van der Waals surface area contributed by atoms with Crippen molar-refractivity contribution in [2.75, 3.05) is 39.5 Å². The van der Waals surface area contributed by atoms with E-state index in [1.54, 1.807) is 6.07 Å². The Morgan fingerprint density at radius 2 is 2.12 bits per heavy atom. The second-order valence-corrected chi connectivity index (χ2v) is 6.07. The van der Waals surface area contributed by atoms with E-state index in [1.807, 2.05) is 25.1 Å². The van der Waals surface area contributed by atoms with Gasteiger partial charge in [0.15, 0.2) is 0 Å². The molecule has 0 aliphatic carbocycles. The zero-order valence-corrected chi connectivity index (χ0v) is 14.5. The van der Waals surface area contributed by atoms with Crippen molar-refractivity contribution in [3.63, 3.8) is 0 Å². The number of benzene rings is 1. The maximum absolute atomic E-state index is 11.0. The second-order valence-electron chi connectivity index (χ2n) is 6.07. The summed E-state index contributed by atoms with van der Waals surface area (Å²) in [6, 6.07) is 7.29. The highest BCUT2D eigenvalue weighted by Gasteiger charge is 2.20. The number of morpholine rings is 1. The number of aryl methyl sites for hydroxylation is 2. The van der Waals surface area contributed by atoms with Gasteiger partial charge in [0, 0.05) is 48.0 Å². The van der Waals surface area contributed by atoms with Crippen LogP contribution in [0.2, 0.25) is 0 Å². The maximum Gasteiger partial charge on any atom is 0.125 e. The molecule has 1 fully saturated rings. The SMILES string of the molecule is [2H]C([2H])([2H])n1cc(C(O)c2ccccc2OCCN2CCOCC2)c(CC)n1. The molecule has 1 atom stereocenters. The molecule has 2 heterocycles. The van der Waals surface area contributed by atoms with Gasteiger partial charge >= 0.3 is 0 Å². The molecule has 1 aromatic carbocycles. The molecule has 6 heteroatoms. The standard InChI is InChI=1S/C19H27N3O3/c1-3-17-16(14-21(2)20-17)19(23)15-6-4-5-7-18(15)25-13-10-22-8-11-24-12-9-22/h4-7,14,19,23H,3,8-13H2,1-2H3/i2D3. The summed E-state index contributed by atoms with van der Waals surface area (Å²) in [7, 11) is 0. The zero-order chi connectivity index (χ0) is 20.1. The number of hydrogen-bond acceptors (Lipinski definition) is 5. The van der Waals surface area contributed by atoms with Crippen LogP contribution in [0.25, 0.3) is 0 Å². The van der Waals surface area contributed by atoms with Crippen LogP contribution in [-0.4, -0.2) is 59.2 Å². The van der Waals surface area contributed by atoms with E-state index in [0.29, 0.717) is 35.6 Å². The number of hydrogen-bond donors (Lipinski definition) is 1. The van der Waals surface area contributed by atoms with Crippen LogP contribution in [0, 0.1) is 0 Å². The summed E-state index contributed by atoms with van der Waals surface area (Å²) in [6.07, 6.45) is 0.918. The Morgan fingerprint density at radius 1 is 1.32 bits per heavy atom. The minimum atomic E-state index is -2.38. The number of aliphatic hydroxyl groups is 1. The van der Waals surface area contributed by atoms with E-state index in [4.69, 9.17) is 13.6 Å². The third-order valence-electron chi connectivity index (χ3n) is 4.43. The normalized spacial score (nSPS) is 19.0. The maximum atomic E-state index is 11.0. The van der Waals surface area contributed by atoms with Gasteiger partial charge in [0.2, 0.25) is 0 Å². The van der Waals surface area contributed by atoms with Crippen molar-refractivity contribution in [2.24, 2.45) is 6.98 Å². The van der Waals surface area contributed by atoms with Crippen LogP contribution in [0.1, 0.15) is 34.0 Å². The van der Waals surface area contributed by atoms with E-state index in [2.05, 4.69) is 10.00 Å². The minimum absolute atomic E-state index is 0.489. The molecule has 6 nitrogen and oxygen atoms in total. The molecule has 0 amide bonds. The van der Waals surface area contributed by atoms with Crippen molar-refractivity contribution >= 4 is 0 Å². The van der Waals surface area contributed by atoms with Crippen LogP contribution >= 0.6 is 0 Å². The molecular formula is C19H27N3O3. The van der Waals surface area contributed by atoms with Gasteiger partial charge < -0.3 is 14.6 Å². The summed E-state index contributed by atoms with van der Waals surface area (Å²) in [6.45, 7) is 4.04. The molecule has 1 saturated heterocycles. The van der Waals surface area contributed by atoms with E-state index >= 15 is 0 Å². The summed E-state index contributed by atoms with van der Waals surface area (Å²) in [5.74, 6) is 0.590. The Hall–Kier alpha value is -1.89. The van der Waals surface area contributed by atoms with Crippen LogP contribution < -0.4 is 4.74 Å². The molecule has 1 aliphatic heterocycles. The Bertz CT molecular complexity index is 773. The second kappa shape index (κ2) is 8.47. The lowest BCUT2D eigenvalue weighted by atomic mass is 10.0. The van der Waals surface area contributed by atoms with E-state index < -0.39 is 13.1 Å². The van der Waals surface area contributed by atoms with E-state index in [0.717, 1.165) is 37.5 Å².